The van der Waals surface area contributed by atoms with Crippen molar-refractivity contribution in [3.8, 4) is 0 Å². The van der Waals surface area contributed by atoms with Crippen molar-refractivity contribution in [1.29, 1.82) is 0 Å². The van der Waals surface area contributed by atoms with Gasteiger partial charge in [-0.2, -0.15) is 0 Å². The average Bonchev–Trinajstić information content (AvgIpc) is 2.17. The van der Waals surface area contributed by atoms with Crippen LogP contribution in [-0.4, -0.2) is 29.8 Å². The largest absolute Gasteiger partial charge is 0.394 e. The number of alkyl halides is 1. The predicted molar refractivity (Wildman–Crippen MR) is 33.1 cm³/mol. The maximum Gasteiger partial charge on any atom is 0.255 e. The summed E-state index contributed by atoms with van der Waals surface area (Å²) in [7, 11) is 0. The molecule has 1 rings (SSSR count). The van der Waals surface area contributed by atoms with Gasteiger partial charge in [0.2, 0.25) is 0 Å². The fourth-order valence-corrected chi connectivity index (χ4v) is 1.05. The summed E-state index contributed by atoms with van der Waals surface area (Å²) in [5.74, 6) is -1.01. The highest BCUT2D eigenvalue weighted by Gasteiger charge is 2.38. The first-order valence-electron chi connectivity index (χ1n) is 3.22. The van der Waals surface area contributed by atoms with Crippen LogP contribution in [0.1, 0.15) is 6.92 Å². The van der Waals surface area contributed by atoms with E-state index >= 15 is 0 Å². The number of aliphatic hydroxyl groups is 1. The number of hydrogen-bond donors (Lipinski definition) is 2. The highest BCUT2D eigenvalue weighted by molar-refractivity contribution is 5.83. The van der Waals surface area contributed by atoms with Crippen molar-refractivity contribution < 1.29 is 14.3 Å². The normalized spacial score (nSPS) is 39.9. The zero-order valence-corrected chi connectivity index (χ0v) is 5.67. The molecule has 3 unspecified atom stereocenters. The van der Waals surface area contributed by atoms with E-state index in [1.807, 2.05) is 0 Å². The van der Waals surface area contributed by atoms with Crippen LogP contribution in [0.5, 0.6) is 0 Å². The monoisotopic (exact) mass is 147 g/mol. The number of nitrogens with one attached hydrogen (secondary N) is 1. The summed E-state index contributed by atoms with van der Waals surface area (Å²) >= 11 is 0. The van der Waals surface area contributed by atoms with Crippen molar-refractivity contribution in [2.45, 2.75) is 19.1 Å². The molecule has 0 radical (unpaired) electrons. The third-order valence-corrected chi connectivity index (χ3v) is 1.87. The summed E-state index contributed by atoms with van der Waals surface area (Å²) in [6, 6.07) is -0.400. The molecule has 1 fully saturated rings. The van der Waals surface area contributed by atoms with Crippen LogP contribution in [0.3, 0.4) is 0 Å². The molecule has 0 aromatic carbocycles. The summed E-state index contributed by atoms with van der Waals surface area (Å²) in [5.41, 5.74) is 0. The fourth-order valence-electron chi connectivity index (χ4n) is 1.05. The fraction of sp³-hybridized carbons (Fsp3) is 0.833. The smallest absolute Gasteiger partial charge is 0.255 e. The zero-order chi connectivity index (χ0) is 7.72. The quantitative estimate of drug-likeness (QED) is 0.523. The molecule has 0 aliphatic carbocycles. The number of carbonyl (C=O) groups excluding carboxylic acids is 1. The summed E-state index contributed by atoms with van der Waals surface area (Å²) in [6.07, 6.45) is -1.45. The average molecular weight is 147 g/mol. The van der Waals surface area contributed by atoms with Gasteiger partial charge in [-0.25, -0.2) is 4.39 Å². The molecule has 1 saturated heterocycles. The molecule has 3 nitrogen and oxygen atoms in total. The molecule has 1 aliphatic heterocycles. The Morgan fingerprint density at radius 1 is 1.80 bits per heavy atom. The second kappa shape index (κ2) is 2.54. The maximum atomic E-state index is 12.6. The first-order chi connectivity index (χ1) is 4.66. The zero-order valence-electron chi connectivity index (χ0n) is 5.67. The third kappa shape index (κ3) is 0.988. The molecular formula is C6H10FNO2. The number of carbonyl (C=O) groups is 1. The van der Waals surface area contributed by atoms with Gasteiger partial charge in [-0.15, -0.1) is 0 Å². The minimum atomic E-state index is -1.45. The van der Waals surface area contributed by atoms with Crippen LogP contribution in [0, 0.1) is 5.92 Å². The van der Waals surface area contributed by atoms with Crippen molar-refractivity contribution in [2.75, 3.05) is 6.61 Å². The highest BCUT2D eigenvalue weighted by atomic mass is 19.1. The van der Waals surface area contributed by atoms with Gasteiger partial charge in [0.15, 0.2) is 6.17 Å². The minimum Gasteiger partial charge on any atom is -0.394 e. The van der Waals surface area contributed by atoms with E-state index in [0.29, 0.717) is 0 Å². The Bertz CT molecular complexity index is 151. The van der Waals surface area contributed by atoms with Crippen LogP contribution in [0.4, 0.5) is 4.39 Å². The van der Waals surface area contributed by atoms with E-state index in [1.54, 1.807) is 6.92 Å². The molecule has 1 heterocycles. The van der Waals surface area contributed by atoms with Crippen molar-refractivity contribution in [1.82, 2.24) is 5.32 Å². The molecule has 0 aromatic rings. The molecule has 0 aromatic heterocycles. The van der Waals surface area contributed by atoms with Gasteiger partial charge in [-0.3, -0.25) is 4.79 Å². The van der Waals surface area contributed by atoms with Crippen LogP contribution in [0.25, 0.3) is 0 Å². The molecule has 0 saturated carbocycles. The van der Waals surface area contributed by atoms with E-state index < -0.39 is 24.0 Å². The van der Waals surface area contributed by atoms with Crippen molar-refractivity contribution in [3.63, 3.8) is 0 Å². The number of rotatable bonds is 1. The Balaban J connectivity index is 2.61. The first kappa shape index (κ1) is 7.47. The lowest BCUT2D eigenvalue weighted by atomic mass is 10.0. The summed E-state index contributed by atoms with van der Waals surface area (Å²) in [4.78, 5) is 10.6. The van der Waals surface area contributed by atoms with Gasteiger partial charge < -0.3 is 10.4 Å². The minimum absolute atomic E-state index is 0.187. The molecule has 1 amide bonds. The maximum absolute atomic E-state index is 12.6. The lowest BCUT2D eigenvalue weighted by Gasteiger charge is -2.10. The second-order valence-corrected chi connectivity index (χ2v) is 2.56. The van der Waals surface area contributed by atoms with Gasteiger partial charge in [0.25, 0.3) is 5.91 Å². The molecule has 3 atom stereocenters. The van der Waals surface area contributed by atoms with Gasteiger partial charge in [0.05, 0.1) is 12.6 Å². The van der Waals surface area contributed by atoms with Crippen LogP contribution in [0.2, 0.25) is 0 Å². The standard InChI is InChI=1S/C6H10FNO2/c1-3-4(2-9)8-6(10)5(3)7/h3-5,9H,2H2,1H3,(H,8,10). The summed E-state index contributed by atoms with van der Waals surface area (Å²) in [5, 5.41) is 10.9. The van der Waals surface area contributed by atoms with Crippen molar-refractivity contribution in [2.24, 2.45) is 5.92 Å². The SMILES string of the molecule is CC1C(CO)NC(=O)C1F. The van der Waals surface area contributed by atoms with E-state index in [1.165, 1.54) is 0 Å². The number of hydrogen-bond acceptors (Lipinski definition) is 2. The Morgan fingerprint density at radius 2 is 2.40 bits per heavy atom. The Labute approximate surface area is 58.2 Å². The van der Waals surface area contributed by atoms with Crippen molar-refractivity contribution >= 4 is 5.91 Å². The molecule has 0 spiro atoms. The Kier molecular flexibility index (Phi) is 1.89. The van der Waals surface area contributed by atoms with Gasteiger partial charge >= 0.3 is 0 Å². The van der Waals surface area contributed by atoms with Gasteiger partial charge in [-0.05, 0) is 0 Å². The molecule has 10 heavy (non-hydrogen) atoms. The van der Waals surface area contributed by atoms with Gasteiger partial charge in [-0.1, -0.05) is 6.92 Å². The van der Waals surface area contributed by atoms with Crippen LogP contribution >= 0.6 is 0 Å². The van der Waals surface area contributed by atoms with Crippen LogP contribution in [-0.2, 0) is 4.79 Å². The van der Waals surface area contributed by atoms with E-state index in [9.17, 15) is 9.18 Å². The van der Waals surface area contributed by atoms with Crippen LogP contribution < -0.4 is 5.32 Å². The summed E-state index contributed by atoms with van der Waals surface area (Å²) < 4.78 is 12.6. The van der Waals surface area contributed by atoms with Gasteiger partial charge in [0.1, 0.15) is 0 Å². The molecule has 58 valence electrons. The van der Waals surface area contributed by atoms with E-state index in [-0.39, 0.29) is 6.61 Å². The predicted octanol–water partition coefficient (Wildman–Crippen LogP) is -0.549. The highest BCUT2D eigenvalue weighted by Crippen LogP contribution is 2.18. The molecule has 4 heteroatoms. The number of aliphatic hydroxyl groups excluding tert-OH is 1. The topological polar surface area (TPSA) is 49.3 Å². The van der Waals surface area contributed by atoms with Crippen LogP contribution in [0.15, 0.2) is 0 Å². The number of amides is 1. The molecule has 1 aliphatic rings. The van der Waals surface area contributed by atoms with Gasteiger partial charge in [0, 0.05) is 5.92 Å². The molecular weight excluding hydrogens is 137 g/mol. The summed E-state index contributed by atoms with van der Waals surface area (Å²) in [6.45, 7) is 1.41. The van der Waals surface area contributed by atoms with E-state index in [2.05, 4.69) is 5.32 Å². The lowest BCUT2D eigenvalue weighted by Crippen LogP contribution is -2.31. The second-order valence-electron chi connectivity index (χ2n) is 2.56. The van der Waals surface area contributed by atoms with Crippen molar-refractivity contribution in [3.05, 3.63) is 0 Å². The van der Waals surface area contributed by atoms with E-state index in [4.69, 9.17) is 5.11 Å². The van der Waals surface area contributed by atoms with E-state index in [0.717, 1.165) is 0 Å². The third-order valence-electron chi connectivity index (χ3n) is 1.87. The number of halogens is 1. The molecule has 2 N–H and O–H groups in total. The Morgan fingerprint density at radius 3 is 2.60 bits per heavy atom. The lowest BCUT2D eigenvalue weighted by molar-refractivity contribution is -0.123. The molecule has 0 bridgehead atoms. The Hall–Kier alpha value is -0.640. The first-order valence-corrected chi connectivity index (χ1v) is 3.22.